The number of nitrogens with one attached hydrogen (secondary N) is 1. The molecule has 1 saturated heterocycles. The number of hydrogen-bond acceptors (Lipinski definition) is 8. The molecule has 0 aliphatic carbocycles. The molecule has 0 atom stereocenters. The lowest BCUT2D eigenvalue weighted by atomic mass is 9.97. The van der Waals surface area contributed by atoms with Crippen LogP contribution >= 0.6 is 23.1 Å². The molecule has 0 unspecified atom stereocenters. The number of piperidine rings is 1. The number of sulfonamides is 1. The second-order valence-electron chi connectivity index (χ2n) is 7.35. The zero-order valence-electron chi connectivity index (χ0n) is 17.6. The van der Waals surface area contributed by atoms with E-state index in [9.17, 15) is 13.2 Å². The SMILES string of the molecule is CCSc1ccc(Cc2nnc(NC(=O)C3CCN(S(=O)(=O)c4cccs4)CC3)o2)cc1. The molecule has 32 heavy (non-hydrogen) atoms. The van der Waals surface area contributed by atoms with Crippen molar-refractivity contribution in [1.82, 2.24) is 14.5 Å². The minimum atomic E-state index is -3.48. The summed E-state index contributed by atoms with van der Waals surface area (Å²) >= 11 is 2.98. The standard InChI is InChI=1S/C21H24N4O4S3/c1-2-30-17-7-5-15(6-8-17)14-18-23-24-21(29-18)22-20(26)16-9-11-25(12-10-16)32(27,28)19-4-3-13-31-19/h3-8,13,16H,2,9-12,14H2,1H3,(H,22,24,26). The van der Waals surface area contributed by atoms with Crippen molar-refractivity contribution in [3.8, 4) is 0 Å². The van der Waals surface area contributed by atoms with Gasteiger partial charge in [-0.15, -0.1) is 28.2 Å². The molecule has 1 aromatic carbocycles. The van der Waals surface area contributed by atoms with Gasteiger partial charge in [0.25, 0.3) is 10.0 Å². The summed E-state index contributed by atoms with van der Waals surface area (Å²) in [6, 6.07) is 11.6. The fourth-order valence-electron chi connectivity index (χ4n) is 3.52. The maximum absolute atomic E-state index is 12.6. The van der Waals surface area contributed by atoms with Gasteiger partial charge in [-0.25, -0.2) is 8.42 Å². The summed E-state index contributed by atoms with van der Waals surface area (Å²) in [4.78, 5) is 13.8. The van der Waals surface area contributed by atoms with Crippen LogP contribution in [0.15, 0.2) is 55.3 Å². The van der Waals surface area contributed by atoms with Crippen LogP contribution in [0.25, 0.3) is 0 Å². The second-order valence-corrected chi connectivity index (χ2v) is 11.8. The van der Waals surface area contributed by atoms with Gasteiger partial charge in [0, 0.05) is 23.9 Å². The molecule has 1 N–H and O–H groups in total. The van der Waals surface area contributed by atoms with Gasteiger partial charge >= 0.3 is 6.01 Å². The second kappa shape index (κ2) is 10.2. The van der Waals surface area contributed by atoms with E-state index in [1.54, 1.807) is 29.3 Å². The summed E-state index contributed by atoms with van der Waals surface area (Å²) in [7, 11) is -3.48. The molecule has 1 fully saturated rings. The summed E-state index contributed by atoms with van der Waals surface area (Å²) in [5.41, 5.74) is 1.05. The number of aromatic nitrogens is 2. The smallest absolute Gasteiger partial charge is 0.322 e. The van der Waals surface area contributed by atoms with E-state index in [2.05, 4.69) is 34.6 Å². The van der Waals surface area contributed by atoms with E-state index in [1.165, 1.54) is 20.5 Å². The third kappa shape index (κ3) is 5.40. The Bertz CT molecular complexity index is 1140. The van der Waals surface area contributed by atoms with Crippen molar-refractivity contribution < 1.29 is 17.6 Å². The number of benzene rings is 1. The minimum absolute atomic E-state index is 0.0665. The predicted molar refractivity (Wildman–Crippen MR) is 124 cm³/mol. The summed E-state index contributed by atoms with van der Waals surface area (Å²) < 4.78 is 32.6. The predicted octanol–water partition coefficient (Wildman–Crippen LogP) is 3.87. The molecule has 8 nitrogen and oxygen atoms in total. The Balaban J connectivity index is 1.29. The summed E-state index contributed by atoms with van der Waals surface area (Å²) in [6.45, 7) is 2.72. The molecule has 2 aromatic heterocycles. The zero-order valence-corrected chi connectivity index (χ0v) is 20.0. The average Bonchev–Trinajstić information content (AvgIpc) is 3.48. The third-order valence-corrected chi connectivity index (χ3v) is 9.37. The van der Waals surface area contributed by atoms with E-state index in [1.807, 2.05) is 12.1 Å². The lowest BCUT2D eigenvalue weighted by Gasteiger charge is -2.29. The Labute approximate surface area is 195 Å². The summed E-state index contributed by atoms with van der Waals surface area (Å²) in [5.74, 6) is 0.918. The van der Waals surface area contributed by atoms with Crippen molar-refractivity contribution in [3.05, 3.63) is 53.2 Å². The Morgan fingerprint density at radius 3 is 2.62 bits per heavy atom. The molecule has 11 heteroatoms. The molecule has 3 heterocycles. The molecule has 1 aliphatic heterocycles. The highest BCUT2D eigenvalue weighted by Gasteiger charge is 2.33. The number of amides is 1. The number of carbonyl (C=O) groups is 1. The van der Waals surface area contributed by atoms with Crippen LogP contribution in [0.4, 0.5) is 6.01 Å². The molecular formula is C21H24N4O4S3. The van der Waals surface area contributed by atoms with E-state index in [4.69, 9.17) is 4.42 Å². The molecule has 170 valence electrons. The maximum Gasteiger partial charge on any atom is 0.322 e. The van der Waals surface area contributed by atoms with E-state index in [-0.39, 0.29) is 17.8 Å². The Hall–Kier alpha value is -2.21. The molecule has 0 saturated carbocycles. The van der Waals surface area contributed by atoms with Gasteiger partial charge in [-0.1, -0.05) is 30.2 Å². The highest BCUT2D eigenvalue weighted by atomic mass is 32.2. The van der Waals surface area contributed by atoms with Crippen LogP contribution in [0.2, 0.25) is 0 Å². The van der Waals surface area contributed by atoms with Crippen molar-refractivity contribution in [2.75, 3.05) is 24.2 Å². The van der Waals surface area contributed by atoms with E-state index in [0.29, 0.717) is 42.5 Å². The number of thioether (sulfide) groups is 1. The van der Waals surface area contributed by atoms with Crippen molar-refractivity contribution in [3.63, 3.8) is 0 Å². The van der Waals surface area contributed by atoms with Crippen molar-refractivity contribution in [2.24, 2.45) is 5.92 Å². The highest BCUT2D eigenvalue weighted by molar-refractivity contribution is 7.99. The first kappa shape index (κ1) is 23.0. The van der Waals surface area contributed by atoms with Gasteiger partial charge in [-0.2, -0.15) is 4.31 Å². The Kier molecular flexibility index (Phi) is 7.29. The van der Waals surface area contributed by atoms with Crippen LogP contribution < -0.4 is 5.32 Å². The van der Waals surface area contributed by atoms with Crippen molar-refractivity contribution in [1.29, 1.82) is 0 Å². The van der Waals surface area contributed by atoms with Gasteiger partial charge < -0.3 is 4.42 Å². The first-order chi connectivity index (χ1) is 15.5. The lowest BCUT2D eigenvalue weighted by Crippen LogP contribution is -2.41. The number of thiophene rings is 1. The highest BCUT2D eigenvalue weighted by Crippen LogP contribution is 2.27. The van der Waals surface area contributed by atoms with Crippen LogP contribution in [0, 0.1) is 5.92 Å². The van der Waals surface area contributed by atoms with Gasteiger partial charge in [-0.3, -0.25) is 10.1 Å². The van der Waals surface area contributed by atoms with E-state index < -0.39 is 10.0 Å². The monoisotopic (exact) mass is 492 g/mol. The van der Waals surface area contributed by atoms with Crippen LogP contribution in [-0.2, 0) is 21.2 Å². The van der Waals surface area contributed by atoms with E-state index in [0.717, 1.165) is 11.3 Å². The molecular weight excluding hydrogens is 468 g/mol. The largest absolute Gasteiger partial charge is 0.407 e. The van der Waals surface area contributed by atoms with Crippen LogP contribution in [0.1, 0.15) is 31.2 Å². The maximum atomic E-state index is 12.6. The van der Waals surface area contributed by atoms with Gasteiger partial charge in [0.1, 0.15) is 4.21 Å². The average molecular weight is 493 g/mol. The van der Waals surface area contributed by atoms with Crippen LogP contribution in [0.5, 0.6) is 0 Å². The topological polar surface area (TPSA) is 105 Å². The first-order valence-corrected chi connectivity index (χ1v) is 13.6. The molecule has 1 aliphatic rings. The van der Waals surface area contributed by atoms with E-state index >= 15 is 0 Å². The molecule has 1 amide bonds. The fourth-order valence-corrected chi connectivity index (χ4v) is 6.80. The summed E-state index contributed by atoms with van der Waals surface area (Å²) in [5, 5.41) is 12.4. The molecule has 0 radical (unpaired) electrons. The molecule has 0 bridgehead atoms. The van der Waals surface area contributed by atoms with Crippen LogP contribution in [-0.4, -0.2) is 47.7 Å². The van der Waals surface area contributed by atoms with Gasteiger partial charge in [0.2, 0.25) is 11.8 Å². The molecule has 0 spiro atoms. The zero-order chi connectivity index (χ0) is 22.6. The number of carbonyl (C=O) groups excluding carboxylic acids is 1. The number of rotatable bonds is 8. The van der Waals surface area contributed by atoms with Gasteiger partial charge in [-0.05, 0) is 47.7 Å². The number of nitrogens with zero attached hydrogens (tertiary/aromatic N) is 3. The Morgan fingerprint density at radius 2 is 1.97 bits per heavy atom. The third-order valence-electron chi connectivity index (χ3n) is 5.20. The van der Waals surface area contributed by atoms with Gasteiger partial charge in [0.05, 0.1) is 6.42 Å². The van der Waals surface area contributed by atoms with Gasteiger partial charge in [0.15, 0.2) is 0 Å². The Morgan fingerprint density at radius 1 is 1.22 bits per heavy atom. The normalized spacial score (nSPS) is 15.7. The quantitative estimate of drug-likeness (QED) is 0.476. The fraction of sp³-hybridized carbons (Fsp3) is 0.381. The molecule has 3 aromatic rings. The molecule has 4 rings (SSSR count). The summed E-state index contributed by atoms with van der Waals surface area (Å²) in [6.07, 6.45) is 1.37. The number of hydrogen-bond donors (Lipinski definition) is 1. The minimum Gasteiger partial charge on any atom is -0.407 e. The van der Waals surface area contributed by atoms with Crippen LogP contribution in [0.3, 0.4) is 0 Å². The first-order valence-electron chi connectivity index (χ1n) is 10.3. The number of anilines is 1. The lowest BCUT2D eigenvalue weighted by molar-refractivity contribution is -0.121. The van der Waals surface area contributed by atoms with Crippen molar-refractivity contribution in [2.45, 2.75) is 35.3 Å². The van der Waals surface area contributed by atoms with Crippen molar-refractivity contribution >= 4 is 45.0 Å².